The number of ether oxygens (including phenoxy) is 1. The van der Waals surface area contributed by atoms with Gasteiger partial charge in [-0.1, -0.05) is 29.3 Å². The third-order valence-electron chi connectivity index (χ3n) is 4.75. The Labute approximate surface area is 150 Å². The lowest BCUT2D eigenvalue weighted by Gasteiger charge is -2.36. The second kappa shape index (κ2) is 6.59. The highest BCUT2D eigenvalue weighted by molar-refractivity contribution is 6.42. The summed E-state index contributed by atoms with van der Waals surface area (Å²) in [6.07, 6.45) is 2.31. The Balaban J connectivity index is 1.51. The third-order valence-corrected chi connectivity index (χ3v) is 5.48. The number of morpholine rings is 1. The van der Waals surface area contributed by atoms with Crippen LogP contribution in [0.2, 0.25) is 10.0 Å². The first-order valence-corrected chi connectivity index (χ1v) is 8.97. The smallest absolute Gasteiger partial charge is 0.168 e. The molecule has 0 radical (unpaired) electrons. The predicted molar refractivity (Wildman–Crippen MR) is 91.2 cm³/mol. The fourth-order valence-corrected chi connectivity index (χ4v) is 3.46. The van der Waals surface area contributed by atoms with Crippen LogP contribution in [-0.2, 0) is 4.74 Å². The molecule has 1 aliphatic carbocycles. The van der Waals surface area contributed by atoms with E-state index < -0.39 is 0 Å². The topological polar surface area (TPSA) is 56.1 Å². The molecule has 2 aromatic rings. The SMILES string of the molecule is CC(c1nnnn1C1CC1)N1CCOC(c2ccc(Cl)c(Cl)c2)C1. The van der Waals surface area contributed by atoms with Crippen LogP contribution < -0.4 is 0 Å². The van der Waals surface area contributed by atoms with Crippen molar-refractivity contribution in [3.63, 3.8) is 0 Å². The average Bonchev–Trinajstić information content (AvgIpc) is 3.33. The van der Waals surface area contributed by atoms with Crippen molar-refractivity contribution in [2.45, 2.75) is 38.0 Å². The molecule has 1 aliphatic heterocycles. The molecule has 0 amide bonds. The molecular formula is C16H19Cl2N5O. The monoisotopic (exact) mass is 367 g/mol. The van der Waals surface area contributed by atoms with Gasteiger partial charge in [-0.15, -0.1) is 5.10 Å². The number of benzene rings is 1. The van der Waals surface area contributed by atoms with Crippen molar-refractivity contribution < 1.29 is 4.74 Å². The molecule has 128 valence electrons. The molecule has 2 unspecified atom stereocenters. The van der Waals surface area contributed by atoms with Gasteiger partial charge in [0.05, 0.1) is 34.8 Å². The van der Waals surface area contributed by atoms with E-state index in [1.807, 2.05) is 22.9 Å². The largest absolute Gasteiger partial charge is 0.371 e. The van der Waals surface area contributed by atoms with Crippen molar-refractivity contribution in [2.75, 3.05) is 19.7 Å². The quantitative estimate of drug-likeness (QED) is 0.828. The number of hydrogen-bond acceptors (Lipinski definition) is 5. The van der Waals surface area contributed by atoms with Crippen LogP contribution in [0.3, 0.4) is 0 Å². The van der Waals surface area contributed by atoms with Gasteiger partial charge in [0.25, 0.3) is 0 Å². The van der Waals surface area contributed by atoms with Gasteiger partial charge in [-0.05, 0) is 47.9 Å². The molecular weight excluding hydrogens is 349 g/mol. The lowest BCUT2D eigenvalue weighted by Crippen LogP contribution is -2.40. The minimum Gasteiger partial charge on any atom is -0.371 e. The average molecular weight is 368 g/mol. The highest BCUT2D eigenvalue weighted by Crippen LogP contribution is 2.37. The molecule has 1 aromatic carbocycles. The maximum absolute atomic E-state index is 6.14. The number of tetrazole rings is 1. The van der Waals surface area contributed by atoms with Crippen LogP contribution >= 0.6 is 23.2 Å². The van der Waals surface area contributed by atoms with Gasteiger partial charge in [0.15, 0.2) is 5.82 Å². The summed E-state index contributed by atoms with van der Waals surface area (Å²) in [7, 11) is 0. The van der Waals surface area contributed by atoms with Gasteiger partial charge in [0.2, 0.25) is 0 Å². The minimum atomic E-state index is -0.0266. The van der Waals surface area contributed by atoms with E-state index in [4.69, 9.17) is 27.9 Å². The highest BCUT2D eigenvalue weighted by atomic mass is 35.5. The number of halogens is 2. The van der Waals surface area contributed by atoms with E-state index in [-0.39, 0.29) is 12.1 Å². The zero-order valence-electron chi connectivity index (χ0n) is 13.4. The van der Waals surface area contributed by atoms with E-state index in [0.29, 0.717) is 22.7 Å². The van der Waals surface area contributed by atoms with Crippen molar-refractivity contribution >= 4 is 23.2 Å². The highest BCUT2D eigenvalue weighted by Gasteiger charge is 2.33. The Hall–Kier alpha value is -1.21. The molecule has 8 heteroatoms. The number of nitrogens with zero attached hydrogens (tertiary/aromatic N) is 5. The summed E-state index contributed by atoms with van der Waals surface area (Å²) in [5.74, 6) is 0.937. The minimum absolute atomic E-state index is 0.0266. The lowest BCUT2D eigenvalue weighted by atomic mass is 10.1. The van der Waals surface area contributed by atoms with Gasteiger partial charge in [-0.2, -0.15) is 0 Å². The summed E-state index contributed by atoms with van der Waals surface area (Å²) in [5.41, 5.74) is 1.04. The molecule has 24 heavy (non-hydrogen) atoms. The predicted octanol–water partition coefficient (Wildman–Crippen LogP) is 3.45. The second-order valence-electron chi connectivity index (χ2n) is 6.42. The van der Waals surface area contributed by atoms with Gasteiger partial charge in [-0.25, -0.2) is 4.68 Å². The maximum atomic E-state index is 6.14. The summed E-state index contributed by atoms with van der Waals surface area (Å²) < 4.78 is 7.93. The van der Waals surface area contributed by atoms with Crippen LogP contribution in [0.25, 0.3) is 0 Å². The van der Waals surface area contributed by atoms with Crippen LogP contribution in [0.5, 0.6) is 0 Å². The normalized spacial score (nSPS) is 23.4. The first-order chi connectivity index (χ1) is 11.6. The van der Waals surface area contributed by atoms with Crippen molar-refractivity contribution in [2.24, 2.45) is 0 Å². The van der Waals surface area contributed by atoms with E-state index in [1.54, 1.807) is 0 Å². The Morgan fingerprint density at radius 3 is 2.83 bits per heavy atom. The summed E-state index contributed by atoms with van der Waals surface area (Å²) in [6.45, 7) is 4.45. The molecule has 6 nitrogen and oxygen atoms in total. The fourth-order valence-electron chi connectivity index (χ4n) is 3.15. The third kappa shape index (κ3) is 3.16. The maximum Gasteiger partial charge on any atom is 0.168 e. The molecule has 4 rings (SSSR count). The van der Waals surface area contributed by atoms with E-state index in [2.05, 4.69) is 27.3 Å². The fraction of sp³-hybridized carbons (Fsp3) is 0.562. The first kappa shape index (κ1) is 16.3. The summed E-state index contributed by atoms with van der Waals surface area (Å²) in [6, 6.07) is 6.30. The molecule has 2 aliphatic rings. The van der Waals surface area contributed by atoms with Crippen LogP contribution in [0.15, 0.2) is 18.2 Å². The standard InChI is InChI=1S/C16H19Cl2N5O/c1-10(16-19-20-21-23(16)12-3-4-12)22-6-7-24-15(9-22)11-2-5-13(17)14(18)8-11/h2,5,8,10,12,15H,3-4,6-7,9H2,1H3. The van der Waals surface area contributed by atoms with Crippen molar-refractivity contribution in [1.82, 2.24) is 25.1 Å². The molecule has 2 heterocycles. The summed E-state index contributed by atoms with van der Waals surface area (Å²) in [5, 5.41) is 13.4. The van der Waals surface area contributed by atoms with Gasteiger partial charge >= 0.3 is 0 Å². The van der Waals surface area contributed by atoms with Crippen LogP contribution in [0.1, 0.15) is 49.3 Å². The molecule has 0 bridgehead atoms. The van der Waals surface area contributed by atoms with Crippen LogP contribution in [0, 0.1) is 0 Å². The number of hydrogen-bond donors (Lipinski definition) is 0. The van der Waals surface area contributed by atoms with Crippen molar-refractivity contribution in [3.05, 3.63) is 39.6 Å². The van der Waals surface area contributed by atoms with Gasteiger partial charge in [0.1, 0.15) is 0 Å². The van der Waals surface area contributed by atoms with Crippen LogP contribution in [0.4, 0.5) is 0 Å². The molecule has 1 aromatic heterocycles. The van der Waals surface area contributed by atoms with Gasteiger partial charge in [0, 0.05) is 13.1 Å². The Morgan fingerprint density at radius 2 is 2.08 bits per heavy atom. The number of aromatic nitrogens is 4. The first-order valence-electron chi connectivity index (χ1n) is 8.22. The molecule has 2 atom stereocenters. The Morgan fingerprint density at radius 1 is 1.25 bits per heavy atom. The van der Waals surface area contributed by atoms with Crippen molar-refractivity contribution in [1.29, 1.82) is 0 Å². The van der Waals surface area contributed by atoms with Crippen LogP contribution in [-0.4, -0.2) is 44.8 Å². The lowest BCUT2D eigenvalue weighted by molar-refractivity contribution is -0.0447. The summed E-state index contributed by atoms with van der Waals surface area (Å²) in [4.78, 5) is 2.36. The van der Waals surface area contributed by atoms with E-state index in [9.17, 15) is 0 Å². The van der Waals surface area contributed by atoms with Gasteiger partial charge in [-0.3, -0.25) is 4.90 Å². The van der Waals surface area contributed by atoms with Gasteiger partial charge < -0.3 is 4.74 Å². The molecule has 1 saturated carbocycles. The number of rotatable bonds is 4. The molecule has 0 N–H and O–H groups in total. The zero-order valence-corrected chi connectivity index (χ0v) is 14.9. The summed E-state index contributed by atoms with van der Waals surface area (Å²) >= 11 is 12.2. The van der Waals surface area contributed by atoms with Crippen molar-refractivity contribution in [3.8, 4) is 0 Å². The Kier molecular flexibility index (Phi) is 4.47. The van der Waals surface area contributed by atoms with E-state index in [0.717, 1.165) is 24.5 Å². The van der Waals surface area contributed by atoms with E-state index >= 15 is 0 Å². The molecule has 2 fully saturated rings. The second-order valence-corrected chi connectivity index (χ2v) is 7.23. The zero-order chi connectivity index (χ0) is 16.7. The molecule has 1 saturated heterocycles. The molecule has 0 spiro atoms. The van der Waals surface area contributed by atoms with E-state index in [1.165, 1.54) is 12.8 Å². The Bertz CT molecular complexity index is 733.